The molecule has 8 heteroatoms. The third-order valence-corrected chi connectivity index (χ3v) is 9.29. The van der Waals surface area contributed by atoms with E-state index < -0.39 is 16.9 Å². The van der Waals surface area contributed by atoms with E-state index in [2.05, 4.69) is 15.5 Å². The number of nitrogens with zero attached hydrogens (tertiary/aromatic N) is 1. The van der Waals surface area contributed by atoms with Crippen molar-refractivity contribution >= 4 is 52.2 Å². The maximum atomic E-state index is 14.8. The van der Waals surface area contributed by atoms with Gasteiger partial charge in [-0.15, -0.1) is 0 Å². The highest BCUT2D eigenvalue weighted by molar-refractivity contribution is 6.37. The molecule has 0 unspecified atom stereocenters. The molecule has 3 aromatic carbocycles. The van der Waals surface area contributed by atoms with Crippen molar-refractivity contribution in [1.82, 2.24) is 4.90 Å². The molecule has 4 atom stereocenters. The molecule has 4 heterocycles. The van der Waals surface area contributed by atoms with Crippen molar-refractivity contribution in [1.29, 1.82) is 0 Å². The number of amides is 2. The maximum absolute atomic E-state index is 14.8. The van der Waals surface area contributed by atoms with E-state index in [4.69, 9.17) is 23.2 Å². The first-order chi connectivity index (χ1) is 17.8. The van der Waals surface area contributed by atoms with Crippen molar-refractivity contribution in [3.8, 4) is 0 Å². The lowest BCUT2D eigenvalue weighted by Crippen LogP contribution is -2.55. The summed E-state index contributed by atoms with van der Waals surface area (Å²) in [5.74, 6) is -1.92. The number of halogens is 2. The first-order valence-corrected chi connectivity index (χ1v) is 13.2. The lowest BCUT2D eigenvalue weighted by molar-refractivity contribution is -0.128. The molecule has 0 aliphatic carbocycles. The summed E-state index contributed by atoms with van der Waals surface area (Å²) in [5.41, 5.74) is 1.44. The Morgan fingerprint density at radius 2 is 1.70 bits per heavy atom. The summed E-state index contributed by atoms with van der Waals surface area (Å²) in [6.45, 7) is 2.56. The van der Waals surface area contributed by atoms with Crippen molar-refractivity contribution < 1.29 is 14.4 Å². The van der Waals surface area contributed by atoms with Crippen LogP contribution in [0.1, 0.15) is 39.9 Å². The number of carbonyl (C=O) groups excluding carboxylic acids is 3. The first kappa shape index (κ1) is 23.0. The van der Waals surface area contributed by atoms with Gasteiger partial charge in [-0.05, 0) is 62.2 Å². The average molecular weight is 532 g/mol. The summed E-state index contributed by atoms with van der Waals surface area (Å²) < 4.78 is 0. The van der Waals surface area contributed by atoms with E-state index in [-0.39, 0.29) is 34.2 Å². The van der Waals surface area contributed by atoms with Gasteiger partial charge in [0.25, 0.3) is 0 Å². The smallest absolute Gasteiger partial charge is 0.250 e. The van der Waals surface area contributed by atoms with Gasteiger partial charge in [0.15, 0.2) is 5.78 Å². The summed E-state index contributed by atoms with van der Waals surface area (Å²) in [7, 11) is 0. The molecule has 0 aromatic heterocycles. The molecule has 0 radical (unpaired) electrons. The highest BCUT2D eigenvalue weighted by Gasteiger charge is 2.78. The van der Waals surface area contributed by atoms with Gasteiger partial charge >= 0.3 is 0 Å². The number of nitrogens with one attached hydrogen (secondary N) is 2. The fourth-order valence-corrected chi connectivity index (χ4v) is 8.01. The highest BCUT2D eigenvalue weighted by Crippen LogP contribution is 2.66. The zero-order valence-corrected chi connectivity index (χ0v) is 21.5. The van der Waals surface area contributed by atoms with Crippen LogP contribution in [0.15, 0.2) is 60.7 Å². The molecule has 0 bridgehead atoms. The minimum absolute atomic E-state index is 0.199. The van der Waals surface area contributed by atoms with Gasteiger partial charge in [0.1, 0.15) is 11.0 Å². The Bertz CT molecular complexity index is 1560. The van der Waals surface area contributed by atoms with Crippen LogP contribution in [0, 0.1) is 12.8 Å². The number of para-hydroxylation sites is 1. The molecule has 3 aromatic rings. The van der Waals surface area contributed by atoms with Crippen LogP contribution >= 0.6 is 23.2 Å². The number of hydrogen-bond acceptors (Lipinski definition) is 4. The number of hydrogen-bond donors (Lipinski definition) is 2. The number of fused-ring (bicyclic) bond motifs is 7. The van der Waals surface area contributed by atoms with Gasteiger partial charge in [-0.25, -0.2) is 0 Å². The van der Waals surface area contributed by atoms with E-state index in [0.29, 0.717) is 29.4 Å². The van der Waals surface area contributed by atoms with Crippen LogP contribution in [0.25, 0.3) is 0 Å². The Balaban J connectivity index is 1.60. The number of Topliss-reactive ketones (excluding diaryl/α,β-unsaturated/α-hetero) is 1. The molecular weight excluding hydrogens is 509 g/mol. The predicted molar refractivity (Wildman–Crippen MR) is 142 cm³/mol. The summed E-state index contributed by atoms with van der Waals surface area (Å²) in [6, 6.07) is 17.7. The van der Waals surface area contributed by atoms with Gasteiger partial charge in [-0.1, -0.05) is 59.1 Å². The molecule has 37 heavy (non-hydrogen) atoms. The molecule has 4 aliphatic heterocycles. The molecule has 2 spiro atoms. The van der Waals surface area contributed by atoms with Crippen LogP contribution in [0.2, 0.25) is 10.0 Å². The Morgan fingerprint density at radius 3 is 2.51 bits per heavy atom. The Kier molecular flexibility index (Phi) is 4.76. The van der Waals surface area contributed by atoms with E-state index in [1.165, 1.54) is 6.07 Å². The number of rotatable bonds is 2. The highest BCUT2D eigenvalue weighted by atomic mass is 35.5. The van der Waals surface area contributed by atoms with Crippen LogP contribution in [0.5, 0.6) is 0 Å². The number of anilines is 2. The van der Waals surface area contributed by atoms with E-state index in [1.54, 1.807) is 12.1 Å². The van der Waals surface area contributed by atoms with Gasteiger partial charge in [0.05, 0.1) is 10.9 Å². The monoisotopic (exact) mass is 531 g/mol. The van der Waals surface area contributed by atoms with Crippen molar-refractivity contribution in [3.63, 3.8) is 0 Å². The molecule has 2 saturated heterocycles. The molecule has 2 fully saturated rings. The Morgan fingerprint density at radius 1 is 0.946 bits per heavy atom. The molecule has 7 rings (SSSR count). The predicted octanol–water partition coefficient (Wildman–Crippen LogP) is 5.32. The summed E-state index contributed by atoms with van der Waals surface area (Å²) in [4.78, 5) is 45.4. The second-order valence-corrected chi connectivity index (χ2v) is 11.3. The maximum Gasteiger partial charge on any atom is 0.250 e. The number of aryl methyl sites for hydroxylation is 1. The lowest BCUT2D eigenvalue weighted by atomic mass is 9.60. The summed E-state index contributed by atoms with van der Waals surface area (Å²) in [6.07, 6.45) is 1.51. The van der Waals surface area contributed by atoms with Crippen molar-refractivity contribution in [2.75, 3.05) is 17.2 Å². The van der Waals surface area contributed by atoms with Crippen LogP contribution in [-0.4, -0.2) is 35.1 Å². The van der Waals surface area contributed by atoms with Gasteiger partial charge in [0, 0.05) is 33.6 Å². The quantitative estimate of drug-likeness (QED) is 0.439. The SMILES string of the molecule is Cc1ccc2c(c1)[C@]1(C(=O)N2)[C@H](C(=O)c2ccc(Cl)cc2Cl)[C@]2(C(=O)Nc3ccccc32)[C@@H]2CCCN21. The second-order valence-electron chi connectivity index (χ2n) is 10.4. The molecule has 6 nitrogen and oxygen atoms in total. The molecular formula is C29H23Cl2N3O3. The van der Waals surface area contributed by atoms with Gasteiger partial charge in [-0.2, -0.15) is 0 Å². The third-order valence-electron chi connectivity index (χ3n) is 8.74. The second kappa shape index (κ2) is 7.67. The topological polar surface area (TPSA) is 78.5 Å². The van der Waals surface area contributed by atoms with E-state index in [1.807, 2.05) is 49.4 Å². The number of ketones is 1. The molecule has 186 valence electrons. The zero-order chi connectivity index (χ0) is 25.7. The Labute approximate surface area is 223 Å². The molecule has 2 N–H and O–H groups in total. The van der Waals surface area contributed by atoms with Crippen LogP contribution in [-0.2, 0) is 20.5 Å². The van der Waals surface area contributed by atoms with Crippen LogP contribution in [0.3, 0.4) is 0 Å². The first-order valence-electron chi connectivity index (χ1n) is 12.4. The molecule has 2 amide bonds. The van der Waals surface area contributed by atoms with E-state index in [0.717, 1.165) is 23.1 Å². The third kappa shape index (κ3) is 2.68. The largest absolute Gasteiger partial charge is 0.325 e. The molecule has 4 aliphatic rings. The Hall–Kier alpha value is -3.19. The number of benzene rings is 3. The summed E-state index contributed by atoms with van der Waals surface area (Å²) >= 11 is 12.8. The standard InChI is InChI=1S/C29H23Cl2N3O3/c1-15-8-11-22-19(13-15)29(27(37)33-22)25(24(35)17-10-9-16(30)14-20(17)31)28(23-7-4-12-34(23)29)18-5-2-3-6-21(18)32-26(28)36/h2-3,5-6,8-11,13-14,23,25H,4,7,12H2,1H3,(H,32,36)(H,33,37)/t23-,25+,28+,29+/m0/s1. The van der Waals surface area contributed by atoms with Gasteiger partial charge < -0.3 is 10.6 Å². The lowest BCUT2D eigenvalue weighted by Gasteiger charge is -2.38. The van der Waals surface area contributed by atoms with Crippen LogP contribution < -0.4 is 10.6 Å². The van der Waals surface area contributed by atoms with Crippen LogP contribution in [0.4, 0.5) is 11.4 Å². The summed E-state index contributed by atoms with van der Waals surface area (Å²) in [5, 5.41) is 6.72. The van der Waals surface area contributed by atoms with Crippen molar-refractivity contribution in [3.05, 3.63) is 93.0 Å². The van der Waals surface area contributed by atoms with Crippen molar-refractivity contribution in [2.24, 2.45) is 5.92 Å². The van der Waals surface area contributed by atoms with E-state index >= 15 is 0 Å². The fourth-order valence-electron chi connectivity index (χ4n) is 7.50. The van der Waals surface area contributed by atoms with Gasteiger partial charge in [-0.3, -0.25) is 19.3 Å². The zero-order valence-electron chi connectivity index (χ0n) is 20.0. The number of carbonyl (C=O) groups is 3. The average Bonchev–Trinajstić information content (AvgIpc) is 3.58. The van der Waals surface area contributed by atoms with Crippen molar-refractivity contribution in [2.45, 2.75) is 36.8 Å². The molecule has 0 saturated carbocycles. The minimum atomic E-state index is -1.36. The fraction of sp³-hybridized carbons (Fsp3) is 0.276. The van der Waals surface area contributed by atoms with E-state index in [9.17, 15) is 14.4 Å². The van der Waals surface area contributed by atoms with Gasteiger partial charge in [0.2, 0.25) is 11.8 Å². The normalized spacial score (nSPS) is 29.4. The minimum Gasteiger partial charge on any atom is -0.325 e.